The summed E-state index contributed by atoms with van der Waals surface area (Å²) in [5.74, 6) is 1.61. The van der Waals surface area contributed by atoms with Gasteiger partial charge in [0.2, 0.25) is 0 Å². The number of hydrogen-bond donors (Lipinski definition) is 2. The Labute approximate surface area is 144 Å². The lowest BCUT2D eigenvalue weighted by atomic mass is 10.2. The molecule has 0 atom stereocenters. The van der Waals surface area contributed by atoms with E-state index in [0.29, 0.717) is 32.1 Å². The number of benzene rings is 1. The molecule has 1 rings (SSSR count). The van der Waals surface area contributed by atoms with Gasteiger partial charge >= 0.3 is 0 Å². The predicted molar refractivity (Wildman–Crippen MR) is 99.3 cm³/mol. The van der Waals surface area contributed by atoms with Crippen molar-refractivity contribution >= 4 is 15.8 Å². The highest BCUT2D eigenvalue weighted by molar-refractivity contribution is 7.90. The van der Waals surface area contributed by atoms with Crippen LogP contribution in [-0.4, -0.2) is 46.1 Å². The molecule has 7 heteroatoms. The van der Waals surface area contributed by atoms with Gasteiger partial charge in [-0.15, -0.1) is 0 Å². The Morgan fingerprint density at radius 2 is 2.08 bits per heavy atom. The average Bonchev–Trinajstić information content (AvgIpc) is 2.54. The van der Waals surface area contributed by atoms with Crippen LogP contribution in [-0.2, 0) is 16.4 Å². The van der Waals surface area contributed by atoms with Crippen LogP contribution in [0.15, 0.2) is 41.9 Å². The number of nitrogens with one attached hydrogen (secondary N) is 2. The SMILES string of the molecule is C=CCOc1ccccc1CN=C(NCC)NCCCS(C)(=O)=O. The van der Waals surface area contributed by atoms with E-state index in [2.05, 4.69) is 22.2 Å². The first-order chi connectivity index (χ1) is 11.5. The third-order valence-electron chi connectivity index (χ3n) is 3.07. The van der Waals surface area contributed by atoms with Gasteiger partial charge in [-0.25, -0.2) is 13.4 Å². The van der Waals surface area contributed by atoms with E-state index in [1.54, 1.807) is 6.08 Å². The number of guanidine groups is 1. The Bertz CT molecular complexity index is 642. The summed E-state index contributed by atoms with van der Waals surface area (Å²) in [5.41, 5.74) is 0.979. The largest absolute Gasteiger partial charge is 0.489 e. The fourth-order valence-corrected chi connectivity index (χ4v) is 2.64. The lowest BCUT2D eigenvalue weighted by Crippen LogP contribution is -2.38. The van der Waals surface area contributed by atoms with Crippen molar-refractivity contribution in [3.63, 3.8) is 0 Å². The van der Waals surface area contributed by atoms with Crippen molar-refractivity contribution in [1.29, 1.82) is 0 Å². The first-order valence-corrected chi connectivity index (χ1v) is 10.0. The highest BCUT2D eigenvalue weighted by Crippen LogP contribution is 2.18. The molecular formula is C17H27N3O3S. The molecule has 0 aliphatic rings. The van der Waals surface area contributed by atoms with Crippen LogP contribution >= 0.6 is 0 Å². The predicted octanol–water partition coefficient (Wildman–Crippen LogP) is 1.74. The minimum absolute atomic E-state index is 0.164. The molecule has 134 valence electrons. The van der Waals surface area contributed by atoms with Gasteiger partial charge in [0.05, 0.1) is 12.3 Å². The van der Waals surface area contributed by atoms with Crippen LogP contribution in [0.3, 0.4) is 0 Å². The first-order valence-electron chi connectivity index (χ1n) is 7.97. The molecule has 1 aromatic rings. The summed E-state index contributed by atoms with van der Waals surface area (Å²) < 4.78 is 27.9. The summed E-state index contributed by atoms with van der Waals surface area (Å²) in [5, 5.41) is 6.29. The third-order valence-corrected chi connectivity index (χ3v) is 4.10. The Kier molecular flexibility index (Phi) is 8.93. The van der Waals surface area contributed by atoms with Gasteiger partial charge in [0.25, 0.3) is 0 Å². The zero-order valence-corrected chi connectivity index (χ0v) is 15.2. The highest BCUT2D eigenvalue weighted by atomic mass is 32.2. The topological polar surface area (TPSA) is 79.8 Å². The average molecular weight is 353 g/mol. The van der Waals surface area contributed by atoms with Crippen LogP contribution in [0.5, 0.6) is 5.75 Å². The number of sulfone groups is 1. The summed E-state index contributed by atoms with van der Waals surface area (Å²) in [6.07, 6.45) is 3.49. The molecule has 0 saturated carbocycles. The van der Waals surface area contributed by atoms with Gasteiger partial charge in [-0.3, -0.25) is 0 Å². The van der Waals surface area contributed by atoms with Crippen molar-refractivity contribution in [2.45, 2.75) is 19.9 Å². The maximum Gasteiger partial charge on any atom is 0.191 e. The lowest BCUT2D eigenvalue weighted by Gasteiger charge is -2.12. The summed E-state index contributed by atoms with van der Waals surface area (Å²) in [6.45, 7) is 7.82. The molecule has 0 aromatic heterocycles. The van der Waals surface area contributed by atoms with Crippen molar-refractivity contribution in [2.75, 3.05) is 31.7 Å². The van der Waals surface area contributed by atoms with E-state index in [0.717, 1.165) is 17.9 Å². The van der Waals surface area contributed by atoms with Gasteiger partial charge in [-0.1, -0.05) is 30.9 Å². The van der Waals surface area contributed by atoms with Gasteiger partial charge in [-0.2, -0.15) is 0 Å². The number of para-hydroxylation sites is 1. The second-order valence-corrected chi connectivity index (χ2v) is 7.57. The third kappa shape index (κ3) is 8.57. The van der Waals surface area contributed by atoms with Crippen molar-refractivity contribution in [3.05, 3.63) is 42.5 Å². The summed E-state index contributed by atoms with van der Waals surface area (Å²) >= 11 is 0. The molecule has 0 amide bonds. The van der Waals surface area contributed by atoms with E-state index in [4.69, 9.17) is 4.74 Å². The van der Waals surface area contributed by atoms with E-state index in [1.165, 1.54) is 6.26 Å². The van der Waals surface area contributed by atoms with Crippen molar-refractivity contribution in [3.8, 4) is 5.75 Å². The van der Waals surface area contributed by atoms with Crippen molar-refractivity contribution < 1.29 is 13.2 Å². The minimum atomic E-state index is -2.93. The molecule has 24 heavy (non-hydrogen) atoms. The van der Waals surface area contributed by atoms with Gasteiger partial charge in [-0.05, 0) is 19.4 Å². The van der Waals surface area contributed by atoms with Crippen LogP contribution in [0.1, 0.15) is 18.9 Å². The van der Waals surface area contributed by atoms with E-state index in [9.17, 15) is 8.42 Å². The fourth-order valence-electron chi connectivity index (χ4n) is 1.97. The number of nitrogens with zero attached hydrogens (tertiary/aromatic N) is 1. The molecule has 6 nitrogen and oxygen atoms in total. The Balaban J connectivity index is 2.63. The summed E-state index contributed by atoms with van der Waals surface area (Å²) in [6, 6.07) is 7.73. The van der Waals surface area contributed by atoms with Gasteiger partial charge < -0.3 is 15.4 Å². The van der Waals surface area contributed by atoms with Gasteiger partial charge in [0, 0.05) is 24.9 Å². The standard InChI is InChI=1S/C17H27N3O3S/c1-4-12-23-16-10-7-6-9-15(16)14-20-17(18-5-2)19-11-8-13-24(3,21)22/h4,6-7,9-10H,1,5,8,11-14H2,2-3H3,(H2,18,19,20). The van der Waals surface area contributed by atoms with E-state index < -0.39 is 9.84 Å². The van der Waals surface area contributed by atoms with Crippen LogP contribution < -0.4 is 15.4 Å². The zero-order valence-electron chi connectivity index (χ0n) is 14.4. The first kappa shape index (κ1) is 20.0. The normalized spacial score (nSPS) is 11.8. The highest BCUT2D eigenvalue weighted by Gasteiger charge is 2.04. The number of aliphatic imine (C=N–C) groups is 1. The molecule has 0 aliphatic heterocycles. The van der Waals surface area contributed by atoms with Crippen LogP contribution in [0, 0.1) is 0 Å². The molecule has 0 fully saturated rings. The maximum absolute atomic E-state index is 11.1. The second kappa shape index (κ2) is 10.7. The maximum atomic E-state index is 11.1. The molecule has 2 N–H and O–H groups in total. The quantitative estimate of drug-likeness (QED) is 0.290. The Hall–Kier alpha value is -2.02. The molecule has 0 spiro atoms. The zero-order chi connectivity index (χ0) is 17.8. The van der Waals surface area contributed by atoms with Gasteiger partial charge in [0.1, 0.15) is 22.2 Å². The molecule has 0 radical (unpaired) electrons. The second-order valence-electron chi connectivity index (χ2n) is 5.31. The fraction of sp³-hybridized carbons (Fsp3) is 0.471. The number of rotatable bonds is 10. The molecule has 0 bridgehead atoms. The van der Waals surface area contributed by atoms with Crippen molar-refractivity contribution in [2.24, 2.45) is 4.99 Å². The minimum Gasteiger partial charge on any atom is -0.489 e. The van der Waals surface area contributed by atoms with Crippen molar-refractivity contribution in [1.82, 2.24) is 10.6 Å². The Morgan fingerprint density at radius 3 is 2.75 bits per heavy atom. The van der Waals surface area contributed by atoms with Crippen LogP contribution in [0.25, 0.3) is 0 Å². The molecule has 1 aromatic carbocycles. The molecule has 0 heterocycles. The van der Waals surface area contributed by atoms with E-state index in [1.807, 2.05) is 31.2 Å². The number of hydrogen-bond acceptors (Lipinski definition) is 4. The van der Waals surface area contributed by atoms with Crippen LogP contribution in [0.4, 0.5) is 0 Å². The molecular weight excluding hydrogens is 326 g/mol. The van der Waals surface area contributed by atoms with E-state index in [-0.39, 0.29) is 5.75 Å². The summed E-state index contributed by atoms with van der Waals surface area (Å²) in [7, 11) is -2.93. The molecule has 0 aliphatic carbocycles. The molecule has 0 saturated heterocycles. The van der Waals surface area contributed by atoms with Gasteiger partial charge in [0.15, 0.2) is 5.96 Å². The monoisotopic (exact) mass is 353 g/mol. The Morgan fingerprint density at radius 1 is 1.33 bits per heavy atom. The van der Waals surface area contributed by atoms with Crippen LogP contribution in [0.2, 0.25) is 0 Å². The smallest absolute Gasteiger partial charge is 0.191 e. The lowest BCUT2D eigenvalue weighted by molar-refractivity contribution is 0.359. The molecule has 0 unspecified atom stereocenters. The number of ether oxygens (including phenoxy) is 1. The van der Waals surface area contributed by atoms with E-state index >= 15 is 0 Å². The summed E-state index contributed by atoms with van der Waals surface area (Å²) in [4.78, 5) is 4.53.